The first kappa shape index (κ1) is 22.2. The highest BCUT2D eigenvalue weighted by Crippen LogP contribution is 2.47. The van der Waals surface area contributed by atoms with E-state index in [2.05, 4.69) is 20.9 Å². The number of aromatic nitrogens is 2. The minimum absolute atomic E-state index is 0.261. The summed E-state index contributed by atoms with van der Waals surface area (Å²) in [6.07, 6.45) is 6.09. The molecular formula is C24H28N4O4S. The van der Waals surface area contributed by atoms with Crippen LogP contribution in [0.3, 0.4) is 0 Å². The number of carboxylic acid groups (broad SMARTS) is 1. The molecule has 33 heavy (non-hydrogen) atoms. The number of likely N-dealkylation sites (tertiary alicyclic amines) is 1. The Kier molecular flexibility index (Phi) is 6.01. The molecule has 1 aliphatic carbocycles. The average molecular weight is 469 g/mol. The van der Waals surface area contributed by atoms with Crippen LogP contribution in [0.2, 0.25) is 0 Å². The van der Waals surface area contributed by atoms with Gasteiger partial charge in [-0.25, -0.2) is 19.7 Å². The Morgan fingerprint density at radius 2 is 1.94 bits per heavy atom. The fourth-order valence-electron chi connectivity index (χ4n) is 5.90. The molecule has 2 fully saturated rings. The van der Waals surface area contributed by atoms with Gasteiger partial charge in [-0.3, -0.25) is 9.69 Å². The number of hydrogen-bond donors (Lipinski definition) is 1. The van der Waals surface area contributed by atoms with Gasteiger partial charge in [0.1, 0.15) is 5.03 Å². The van der Waals surface area contributed by atoms with Crippen molar-refractivity contribution in [2.45, 2.75) is 42.7 Å². The van der Waals surface area contributed by atoms with Gasteiger partial charge in [-0.15, -0.1) is 0 Å². The average Bonchev–Trinajstić information content (AvgIpc) is 2.81. The Hall–Kier alpha value is -2.65. The maximum absolute atomic E-state index is 12.6. The zero-order valence-corrected chi connectivity index (χ0v) is 19.6. The maximum Gasteiger partial charge on any atom is 0.420 e. The topological polar surface area (TPSA) is 95.9 Å². The Balaban J connectivity index is 1.39. The Labute approximate surface area is 197 Å². The summed E-state index contributed by atoms with van der Waals surface area (Å²) < 4.78 is 5.05. The molecule has 1 aromatic heterocycles. The van der Waals surface area contributed by atoms with Gasteiger partial charge in [-0.05, 0) is 48.3 Å². The second-order valence-electron chi connectivity index (χ2n) is 9.24. The quantitative estimate of drug-likeness (QED) is 0.705. The first-order valence-corrected chi connectivity index (χ1v) is 12.2. The molecule has 3 heterocycles. The van der Waals surface area contributed by atoms with E-state index in [0.717, 1.165) is 48.6 Å². The molecule has 3 atom stereocenters. The molecule has 2 bridgehead atoms. The fraction of sp³-hybridized carbons (Fsp3) is 0.500. The number of piperidine rings is 1. The summed E-state index contributed by atoms with van der Waals surface area (Å²) in [5.74, 6) is 0.618. The van der Waals surface area contributed by atoms with Crippen molar-refractivity contribution >= 4 is 35.3 Å². The van der Waals surface area contributed by atoms with E-state index in [0.29, 0.717) is 22.7 Å². The minimum atomic E-state index is -0.677. The number of hydrogen-bond acceptors (Lipinski definition) is 7. The molecular weight excluding hydrogens is 440 g/mol. The van der Waals surface area contributed by atoms with Crippen molar-refractivity contribution in [2.75, 3.05) is 25.1 Å². The van der Waals surface area contributed by atoms with E-state index in [-0.39, 0.29) is 11.8 Å². The Bertz CT molecular complexity index is 1070. The largest absolute Gasteiger partial charge is 0.481 e. The van der Waals surface area contributed by atoms with E-state index in [1.807, 2.05) is 19.1 Å². The molecule has 5 rings (SSSR count). The molecule has 2 aliphatic heterocycles. The van der Waals surface area contributed by atoms with E-state index < -0.39 is 12.1 Å². The lowest BCUT2D eigenvalue weighted by molar-refractivity contribution is -0.147. The van der Waals surface area contributed by atoms with E-state index >= 15 is 0 Å². The number of rotatable bonds is 4. The van der Waals surface area contributed by atoms with Gasteiger partial charge in [0.15, 0.2) is 5.82 Å². The van der Waals surface area contributed by atoms with E-state index in [4.69, 9.17) is 4.74 Å². The summed E-state index contributed by atoms with van der Waals surface area (Å²) in [6.45, 7) is 4.47. The molecule has 3 unspecified atom stereocenters. The molecule has 9 heteroatoms. The molecule has 2 aromatic rings. The van der Waals surface area contributed by atoms with Gasteiger partial charge >= 0.3 is 12.1 Å². The number of ether oxygens (including phenoxy) is 1. The molecule has 1 saturated carbocycles. The number of fused-ring (bicyclic) bond motifs is 4. The van der Waals surface area contributed by atoms with Gasteiger partial charge in [0, 0.05) is 36.9 Å². The van der Waals surface area contributed by atoms with Crippen LogP contribution in [-0.4, -0.2) is 52.2 Å². The number of nitrogens with zero attached hydrogens (tertiary/aromatic N) is 4. The van der Waals surface area contributed by atoms with Crippen LogP contribution in [0.15, 0.2) is 40.5 Å². The van der Waals surface area contributed by atoms with Crippen LogP contribution >= 0.6 is 11.8 Å². The van der Waals surface area contributed by atoms with Crippen molar-refractivity contribution < 1.29 is 19.4 Å². The predicted octanol–water partition coefficient (Wildman–Crippen LogP) is 4.41. The smallest absolute Gasteiger partial charge is 0.420 e. The number of carbonyl (C=O) groups excluding carboxylic acids is 1. The van der Waals surface area contributed by atoms with Crippen molar-refractivity contribution in [1.29, 1.82) is 0 Å². The number of amides is 1. The standard InChI is InChI=1S/C24H28N4O4S/c1-14(23(29)30)20-16-4-3-5-17(20)13-27(12-16)11-15-6-7-19-18(10-15)28(24(31)32-2)21-22(33-19)26-9-8-25-21/h6-10,14,16-17,20H,3-5,11-13H2,1-2H3,(H,29,30). The lowest BCUT2D eigenvalue weighted by atomic mass is 9.64. The maximum atomic E-state index is 12.6. The Morgan fingerprint density at radius 1 is 1.21 bits per heavy atom. The summed E-state index contributed by atoms with van der Waals surface area (Å²) in [7, 11) is 1.37. The van der Waals surface area contributed by atoms with E-state index in [1.54, 1.807) is 12.4 Å². The fourth-order valence-corrected chi connectivity index (χ4v) is 6.85. The minimum Gasteiger partial charge on any atom is -0.481 e. The highest BCUT2D eigenvalue weighted by Gasteiger charge is 2.44. The molecule has 1 aromatic carbocycles. The summed E-state index contributed by atoms with van der Waals surface area (Å²) in [4.78, 5) is 37.9. The van der Waals surface area contributed by atoms with Gasteiger partial charge in [0.05, 0.1) is 18.7 Å². The number of anilines is 2. The van der Waals surface area contributed by atoms with Crippen LogP contribution in [0.5, 0.6) is 0 Å². The predicted molar refractivity (Wildman–Crippen MR) is 124 cm³/mol. The van der Waals surface area contributed by atoms with Crippen LogP contribution < -0.4 is 4.90 Å². The zero-order chi connectivity index (χ0) is 23.1. The zero-order valence-electron chi connectivity index (χ0n) is 18.8. The SMILES string of the molecule is COC(=O)N1c2cc(CN3CC4CCCC(C3)C4C(C)C(=O)O)ccc2Sc2nccnc21. The molecule has 1 N–H and O–H groups in total. The number of methoxy groups -OCH3 is 1. The lowest BCUT2D eigenvalue weighted by Gasteiger charge is -2.49. The number of carboxylic acids is 1. The van der Waals surface area contributed by atoms with Gasteiger partial charge in [0.25, 0.3) is 0 Å². The van der Waals surface area contributed by atoms with E-state index in [9.17, 15) is 14.7 Å². The molecule has 3 aliphatic rings. The molecule has 0 radical (unpaired) electrons. The Morgan fingerprint density at radius 3 is 2.64 bits per heavy atom. The van der Waals surface area contributed by atoms with Crippen LogP contribution in [0, 0.1) is 23.7 Å². The summed E-state index contributed by atoms with van der Waals surface area (Å²) in [5, 5.41) is 10.3. The molecule has 0 spiro atoms. The second-order valence-corrected chi connectivity index (χ2v) is 10.3. The number of carbonyl (C=O) groups is 2. The van der Waals surface area contributed by atoms with Crippen molar-refractivity contribution in [3.05, 3.63) is 36.2 Å². The lowest BCUT2D eigenvalue weighted by Crippen LogP contribution is -2.51. The highest BCUT2D eigenvalue weighted by molar-refractivity contribution is 7.99. The van der Waals surface area contributed by atoms with Crippen molar-refractivity contribution in [3.63, 3.8) is 0 Å². The third-order valence-electron chi connectivity index (χ3n) is 7.28. The number of aliphatic carboxylic acids is 1. The number of benzene rings is 1. The van der Waals surface area contributed by atoms with Gasteiger partial charge < -0.3 is 9.84 Å². The third-order valence-corrected chi connectivity index (χ3v) is 8.33. The highest BCUT2D eigenvalue weighted by atomic mass is 32.2. The monoisotopic (exact) mass is 468 g/mol. The molecule has 8 nitrogen and oxygen atoms in total. The van der Waals surface area contributed by atoms with Gasteiger partial charge in [-0.2, -0.15) is 0 Å². The summed E-state index contributed by atoms with van der Waals surface area (Å²) >= 11 is 1.50. The normalized spacial score (nSPS) is 25.0. The van der Waals surface area contributed by atoms with E-state index in [1.165, 1.54) is 30.2 Å². The van der Waals surface area contributed by atoms with Crippen LogP contribution in [0.25, 0.3) is 0 Å². The second kappa shape index (κ2) is 8.95. The van der Waals surface area contributed by atoms with Crippen molar-refractivity contribution in [3.8, 4) is 0 Å². The van der Waals surface area contributed by atoms with Crippen LogP contribution in [0.1, 0.15) is 31.7 Å². The van der Waals surface area contributed by atoms with Crippen molar-refractivity contribution in [1.82, 2.24) is 14.9 Å². The summed E-state index contributed by atoms with van der Waals surface area (Å²) in [6, 6.07) is 6.17. The molecule has 1 saturated heterocycles. The molecule has 174 valence electrons. The summed E-state index contributed by atoms with van der Waals surface area (Å²) in [5.41, 5.74) is 1.87. The molecule has 1 amide bonds. The first-order chi connectivity index (χ1) is 16.0. The van der Waals surface area contributed by atoms with Crippen molar-refractivity contribution in [2.24, 2.45) is 23.7 Å². The third kappa shape index (κ3) is 4.08. The van der Waals surface area contributed by atoms with Crippen LogP contribution in [-0.2, 0) is 16.1 Å². The van der Waals surface area contributed by atoms with Crippen LogP contribution in [0.4, 0.5) is 16.3 Å². The first-order valence-electron chi connectivity index (χ1n) is 11.4. The van der Waals surface area contributed by atoms with Gasteiger partial charge in [-0.1, -0.05) is 31.2 Å². The van der Waals surface area contributed by atoms with Gasteiger partial charge in [0.2, 0.25) is 0 Å².